The van der Waals surface area contributed by atoms with Crippen LogP contribution in [0.4, 0.5) is 0 Å². The molecule has 0 aliphatic heterocycles. The number of hydrogen-bond acceptors (Lipinski definition) is 0. The van der Waals surface area contributed by atoms with Gasteiger partial charge in [0.2, 0.25) is 0 Å². The molecule has 0 N–H and O–H groups in total. The minimum absolute atomic E-state index is 0. The molecular formula is C26H51I. The summed E-state index contributed by atoms with van der Waals surface area (Å²) in [5.74, 6) is 1.51. The lowest BCUT2D eigenvalue weighted by Gasteiger charge is -2.30. The van der Waals surface area contributed by atoms with Crippen molar-refractivity contribution in [3.05, 3.63) is 35.5 Å². The standard InChI is InChI=1S/C22H38.2C2H6.HI/c1-6-9-10-11-16-22(20(8-3)13-7-2)19(5)21-15-12-14-18(4)17-21;2*1-2;/h15,17,20,22H,5-14,16H2,1-4H3;2*1-2H3;1H. The van der Waals surface area contributed by atoms with E-state index in [2.05, 4.69) is 46.4 Å². The topological polar surface area (TPSA) is 0 Å². The molecule has 0 fully saturated rings. The van der Waals surface area contributed by atoms with Gasteiger partial charge in [-0.25, -0.2) is 0 Å². The first-order chi connectivity index (χ1) is 12.6. The predicted molar refractivity (Wildman–Crippen MR) is 139 cm³/mol. The molecule has 1 rings (SSSR count). The summed E-state index contributed by atoms with van der Waals surface area (Å²) in [4.78, 5) is 0. The van der Waals surface area contributed by atoms with Crippen molar-refractivity contribution in [1.29, 1.82) is 0 Å². The summed E-state index contributed by atoms with van der Waals surface area (Å²) in [5.41, 5.74) is 4.39. The summed E-state index contributed by atoms with van der Waals surface area (Å²) in [6.07, 6.45) is 18.0. The van der Waals surface area contributed by atoms with Crippen LogP contribution < -0.4 is 0 Å². The van der Waals surface area contributed by atoms with E-state index in [1.54, 1.807) is 0 Å². The van der Waals surface area contributed by atoms with Gasteiger partial charge in [0, 0.05) is 0 Å². The van der Waals surface area contributed by atoms with Gasteiger partial charge in [-0.2, -0.15) is 0 Å². The Balaban J connectivity index is -0.00000108. The van der Waals surface area contributed by atoms with Crippen LogP contribution in [0, 0.1) is 11.8 Å². The van der Waals surface area contributed by atoms with Crippen LogP contribution in [-0.4, -0.2) is 0 Å². The molecule has 162 valence electrons. The van der Waals surface area contributed by atoms with E-state index in [4.69, 9.17) is 0 Å². The number of rotatable bonds is 11. The van der Waals surface area contributed by atoms with E-state index < -0.39 is 0 Å². The molecule has 0 spiro atoms. The highest BCUT2D eigenvalue weighted by atomic mass is 127. The molecular weight excluding hydrogens is 439 g/mol. The first-order valence-electron chi connectivity index (χ1n) is 11.7. The molecule has 0 aromatic heterocycles. The molecule has 2 unspecified atom stereocenters. The lowest BCUT2D eigenvalue weighted by molar-refractivity contribution is 0.318. The molecule has 0 radical (unpaired) electrons. The fourth-order valence-corrected chi connectivity index (χ4v) is 3.84. The Morgan fingerprint density at radius 1 is 0.963 bits per heavy atom. The van der Waals surface area contributed by atoms with E-state index in [1.165, 1.54) is 80.9 Å². The second-order valence-corrected chi connectivity index (χ2v) is 7.13. The predicted octanol–water partition coefficient (Wildman–Crippen LogP) is 10.3. The van der Waals surface area contributed by atoms with Gasteiger partial charge in [0.25, 0.3) is 0 Å². The van der Waals surface area contributed by atoms with Crippen molar-refractivity contribution in [3.8, 4) is 0 Å². The molecule has 1 aliphatic rings. The van der Waals surface area contributed by atoms with Gasteiger partial charge in [0.1, 0.15) is 0 Å². The first kappa shape index (κ1) is 31.6. The van der Waals surface area contributed by atoms with Crippen LogP contribution in [-0.2, 0) is 0 Å². The van der Waals surface area contributed by atoms with Crippen molar-refractivity contribution in [3.63, 3.8) is 0 Å². The third kappa shape index (κ3) is 13.7. The van der Waals surface area contributed by atoms with Crippen molar-refractivity contribution < 1.29 is 0 Å². The van der Waals surface area contributed by atoms with Crippen LogP contribution in [0.3, 0.4) is 0 Å². The minimum atomic E-state index is 0. The number of hydrogen-bond donors (Lipinski definition) is 0. The van der Waals surface area contributed by atoms with Gasteiger partial charge < -0.3 is 0 Å². The zero-order valence-corrected chi connectivity index (χ0v) is 22.3. The fourth-order valence-electron chi connectivity index (χ4n) is 3.84. The minimum Gasteiger partial charge on any atom is -0.107 e. The maximum absolute atomic E-state index is 4.55. The van der Waals surface area contributed by atoms with Crippen molar-refractivity contribution in [2.45, 2.75) is 120 Å². The Labute approximate surface area is 190 Å². The average Bonchev–Trinajstić information content (AvgIpc) is 2.69. The largest absolute Gasteiger partial charge is 0.107 e. The van der Waals surface area contributed by atoms with Crippen LogP contribution in [0.15, 0.2) is 35.5 Å². The van der Waals surface area contributed by atoms with E-state index in [9.17, 15) is 0 Å². The second-order valence-electron chi connectivity index (χ2n) is 7.13. The molecule has 0 heterocycles. The van der Waals surface area contributed by atoms with Gasteiger partial charge in [0.05, 0.1) is 0 Å². The first-order valence-corrected chi connectivity index (χ1v) is 11.7. The summed E-state index contributed by atoms with van der Waals surface area (Å²) >= 11 is 0. The van der Waals surface area contributed by atoms with Crippen molar-refractivity contribution in [2.24, 2.45) is 11.8 Å². The van der Waals surface area contributed by atoms with Crippen LogP contribution in [0.25, 0.3) is 0 Å². The van der Waals surface area contributed by atoms with Gasteiger partial charge in [-0.05, 0) is 49.2 Å². The summed E-state index contributed by atoms with van der Waals surface area (Å²) in [7, 11) is 0. The van der Waals surface area contributed by atoms with Gasteiger partial charge in [-0.3, -0.25) is 0 Å². The lowest BCUT2D eigenvalue weighted by atomic mass is 9.75. The Morgan fingerprint density at radius 2 is 1.59 bits per heavy atom. The molecule has 0 bridgehead atoms. The van der Waals surface area contributed by atoms with Crippen LogP contribution in [0.1, 0.15) is 120 Å². The van der Waals surface area contributed by atoms with Crippen molar-refractivity contribution in [1.82, 2.24) is 0 Å². The Morgan fingerprint density at radius 3 is 2.07 bits per heavy atom. The molecule has 1 heteroatoms. The molecule has 0 aromatic rings. The van der Waals surface area contributed by atoms with Crippen LogP contribution in [0.5, 0.6) is 0 Å². The van der Waals surface area contributed by atoms with Gasteiger partial charge >= 0.3 is 0 Å². The van der Waals surface area contributed by atoms with Crippen LogP contribution >= 0.6 is 24.0 Å². The highest BCUT2D eigenvalue weighted by Gasteiger charge is 2.23. The van der Waals surface area contributed by atoms with E-state index in [1.807, 2.05) is 27.7 Å². The summed E-state index contributed by atoms with van der Waals surface area (Å²) in [5, 5.41) is 0. The molecule has 2 atom stereocenters. The second kappa shape index (κ2) is 22.2. The van der Waals surface area contributed by atoms with E-state index >= 15 is 0 Å². The maximum Gasteiger partial charge on any atom is -0.0134 e. The Kier molecular flexibility index (Phi) is 26.1. The zero-order valence-electron chi connectivity index (χ0n) is 20.0. The third-order valence-electron chi connectivity index (χ3n) is 5.24. The maximum atomic E-state index is 4.55. The van der Waals surface area contributed by atoms with Gasteiger partial charge in [0.15, 0.2) is 0 Å². The molecule has 1 aliphatic carbocycles. The van der Waals surface area contributed by atoms with E-state index in [0.717, 1.165) is 5.92 Å². The SMILES string of the molecule is C=C(C1=CCCC(C)=C1)C(CCCCCC)C(CC)CCC.CC.CC.I. The Bertz CT molecular complexity index is 389. The Hall–Kier alpha value is -0.0500. The quantitative estimate of drug-likeness (QED) is 0.200. The van der Waals surface area contributed by atoms with Crippen molar-refractivity contribution in [2.75, 3.05) is 0 Å². The highest BCUT2D eigenvalue weighted by molar-refractivity contribution is 14.0. The summed E-state index contributed by atoms with van der Waals surface area (Å²) in [6, 6.07) is 0. The average molecular weight is 491 g/mol. The summed E-state index contributed by atoms with van der Waals surface area (Å²) in [6.45, 7) is 21.8. The smallest absolute Gasteiger partial charge is 0.0134 e. The summed E-state index contributed by atoms with van der Waals surface area (Å²) < 4.78 is 0. The van der Waals surface area contributed by atoms with Crippen molar-refractivity contribution >= 4 is 24.0 Å². The molecule has 0 nitrogen and oxygen atoms in total. The number of halogens is 1. The van der Waals surface area contributed by atoms with E-state index in [0.29, 0.717) is 5.92 Å². The normalized spacial score (nSPS) is 14.8. The van der Waals surface area contributed by atoms with Crippen LogP contribution in [0.2, 0.25) is 0 Å². The van der Waals surface area contributed by atoms with Gasteiger partial charge in [-0.1, -0.05) is 118 Å². The number of unbranched alkanes of at least 4 members (excludes halogenated alkanes) is 3. The molecule has 27 heavy (non-hydrogen) atoms. The van der Waals surface area contributed by atoms with Gasteiger partial charge in [-0.15, -0.1) is 24.0 Å². The molecule has 0 saturated carbocycles. The van der Waals surface area contributed by atoms with E-state index in [-0.39, 0.29) is 24.0 Å². The zero-order chi connectivity index (χ0) is 20.4. The number of allylic oxidation sites excluding steroid dienone is 5. The third-order valence-corrected chi connectivity index (χ3v) is 5.24. The molecule has 0 aromatic carbocycles. The lowest BCUT2D eigenvalue weighted by Crippen LogP contribution is -2.18. The molecule has 0 saturated heterocycles. The fraction of sp³-hybridized carbons (Fsp3) is 0.769. The monoisotopic (exact) mass is 490 g/mol. The highest BCUT2D eigenvalue weighted by Crippen LogP contribution is 2.36. The molecule has 0 amide bonds.